The van der Waals surface area contributed by atoms with Crippen molar-refractivity contribution in [3.8, 4) is 17.2 Å². The predicted octanol–water partition coefficient (Wildman–Crippen LogP) is 4.85. The number of methoxy groups -OCH3 is 2. The summed E-state index contributed by atoms with van der Waals surface area (Å²) in [7, 11) is 3.00. The molecule has 0 aliphatic rings. The van der Waals surface area contributed by atoms with E-state index in [0.29, 0.717) is 28.4 Å². The maximum Gasteiger partial charge on any atom is 0.336 e. The van der Waals surface area contributed by atoms with Crippen LogP contribution in [0.15, 0.2) is 82.4 Å². The lowest BCUT2D eigenvalue weighted by Gasteiger charge is -2.09. The van der Waals surface area contributed by atoms with Crippen LogP contribution in [0.3, 0.4) is 0 Å². The van der Waals surface area contributed by atoms with Crippen LogP contribution >= 0.6 is 15.9 Å². The molecule has 3 aromatic carbocycles. The summed E-state index contributed by atoms with van der Waals surface area (Å²) >= 11 is 3.38. The van der Waals surface area contributed by atoms with Crippen molar-refractivity contribution in [1.29, 1.82) is 0 Å². The molecule has 0 atom stereocenters. The van der Waals surface area contributed by atoms with Crippen LogP contribution in [0.5, 0.6) is 17.2 Å². The summed E-state index contributed by atoms with van der Waals surface area (Å²) in [5, 5.41) is 3.99. The van der Waals surface area contributed by atoms with Crippen molar-refractivity contribution in [3.05, 3.63) is 94.0 Å². The molecule has 1 amide bonds. The Bertz CT molecular complexity index is 1190. The second kappa shape index (κ2) is 11.6. The molecule has 1 N–H and O–H groups in total. The number of ether oxygens (including phenoxy) is 3. The number of hydrogen-bond acceptors (Lipinski definition) is 6. The van der Waals surface area contributed by atoms with Gasteiger partial charge in [0.1, 0.15) is 5.75 Å². The summed E-state index contributed by atoms with van der Waals surface area (Å²) in [5.41, 5.74) is 4.17. The van der Waals surface area contributed by atoms with E-state index in [1.54, 1.807) is 42.5 Å². The zero-order valence-corrected chi connectivity index (χ0v) is 19.5. The molecule has 0 spiro atoms. The topological polar surface area (TPSA) is 86.2 Å². The first kappa shape index (κ1) is 23.7. The van der Waals surface area contributed by atoms with Crippen LogP contribution in [-0.2, 0) is 4.79 Å². The zero-order chi connectivity index (χ0) is 23.6. The number of amides is 1. The summed E-state index contributed by atoms with van der Waals surface area (Å²) in [6, 6.07) is 19.3. The van der Waals surface area contributed by atoms with E-state index in [2.05, 4.69) is 26.5 Å². The van der Waals surface area contributed by atoms with Crippen LogP contribution in [0, 0.1) is 0 Å². The third-order valence-corrected chi connectivity index (χ3v) is 4.90. The largest absolute Gasteiger partial charge is 0.493 e. The zero-order valence-electron chi connectivity index (χ0n) is 17.9. The van der Waals surface area contributed by atoms with Gasteiger partial charge in [-0.05, 0) is 48.0 Å². The van der Waals surface area contributed by atoms with E-state index in [1.165, 1.54) is 26.5 Å². The first-order valence-corrected chi connectivity index (χ1v) is 10.6. The highest BCUT2D eigenvalue weighted by Gasteiger charge is 2.11. The number of rotatable bonds is 8. The fourth-order valence-electron chi connectivity index (χ4n) is 2.79. The Morgan fingerprint density at radius 1 is 0.909 bits per heavy atom. The molecule has 168 valence electrons. The lowest BCUT2D eigenvalue weighted by Crippen LogP contribution is -2.17. The Morgan fingerprint density at radius 3 is 2.36 bits per heavy atom. The fraction of sp³-hybridized carbons (Fsp3) is 0.0800. The highest BCUT2D eigenvalue weighted by molar-refractivity contribution is 9.10. The molecule has 0 heterocycles. The Hall–Kier alpha value is -3.91. The normalized spacial score (nSPS) is 10.9. The molecule has 0 bridgehead atoms. The van der Waals surface area contributed by atoms with Crippen LogP contribution in [0.25, 0.3) is 6.08 Å². The van der Waals surface area contributed by atoms with Crippen molar-refractivity contribution in [2.24, 2.45) is 5.10 Å². The monoisotopic (exact) mass is 508 g/mol. The Morgan fingerprint density at radius 2 is 1.64 bits per heavy atom. The van der Waals surface area contributed by atoms with Gasteiger partial charge in [-0.3, -0.25) is 4.79 Å². The molecule has 0 aliphatic carbocycles. The summed E-state index contributed by atoms with van der Waals surface area (Å²) < 4.78 is 16.6. The molecule has 0 saturated carbocycles. The van der Waals surface area contributed by atoms with Gasteiger partial charge in [-0.25, -0.2) is 10.2 Å². The van der Waals surface area contributed by atoms with Crippen LogP contribution < -0.4 is 19.6 Å². The second-order valence-corrected chi connectivity index (χ2v) is 7.53. The van der Waals surface area contributed by atoms with Gasteiger partial charge in [0.15, 0.2) is 11.5 Å². The Labute approximate surface area is 199 Å². The highest BCUT2D eigenvalue weighted by Crippen LogP contribution is 2.27. The van der Waals surface area contributed by atoms with Gasteiger partial charge in [0.25, 0.3) is 5.91 Å². The van der Waals surface area contributed by atoms with Crippen LogP contribution in [0.4, 0.5) is 0 Å². The molecule has 7 nitrogen and oxygen atoms in total. The third-order valence-electron chi connectivity index (χ3n) is 4.41. The standard InChI is InChI=1S/C25H21BrN2O5/c1-31-22-11-9-18(15-23(22)32-2)25(30)28-27-16-19-14-20(26)10-12-21(19)33-24(29)13-8-17-6-4-3-5-7-17/h3-16H,1-2H3,(H,28,30)/b13-8+,27-16+. The highest BCUT2D eigenvalue weighted by atomic mass is 79.9. The number of benzene rings is 3. The molecule has 3 aromatic rings. The number of esters is 1. The molecule has 3 rings (SSSR count). The summed E-state index contributed by atoms with van der Waals surface area (Å²) in [4.78, 5) is 24.7. The van der Waals surface area contributed by atoms with Gasteiger partial charge in [0.2, 0.25) is 0 Å². The van der Waals surface area contributed by atoms with Crippen molar-refractivity contribution in [1.82, 2.24) is 5.43 Å². The van der Waals surface area contributed by atoms with Crippen molar-refractivity contribution >= 4 is 40.1 Å². The molecule has 33 heavy (non-hydrogen) atoms. The minimum Gasteiger partial charge on any atom is -0.493 e. The van der Waals surface area contributed by atoms with E-state index in [4.69, 9.17) is 14.2 Å². The average molecular weight is 509 g/mol. The number of carbonyl (C=O) groups is 2. The maximum absolute atomic E-state index is 12.4. The lowest BCUT2D eigenvalue weighted by molar-refractivity contribution is -0.128. The fourth-order valence-corrected chi connectivity index (χ4v) is 3.17. The Kier molecular flexibility index (Phi) is 8.37. The molecular formula is C25H21BrN2O5. The van der Waals surface area contributed by atoms with Crippen molar-refractivity contribution < 1.29 is 23.8 Å². The molecule has 0 radical (unpaired) electrons. The number of hydrazone groups is 1. The molecule has 0 aromatic heterocycles. The third kappa shape index (κ3) is 6.78. The first-order valence-electron chi connectivity index (χ1n) is 9.80. The van der Waals surface area contributed by atoms with Crippen LogP contribution in [0.2, 0.25) is 0 Å². The summed E-state index contributed by atoms with van der Waals surface area (Å²) in [6.45, 7) is 0. The van der Waals surface area contributed by atoms with E-state index in [1.807, 2.05) is 30.3 Å². The first-order chi connectivity index (χ1) is 16.0. The lowest BCUT2D eigenvalue weighted by atomic mass is 10.2. The van der Waals surface area contributed by atoms with E-state index >= 15 is 0 Å². The number of nitrogens with one attached hydrogen (secondary N) is 1. The summed E-state index contributed by atoms with van der Waals surface area (Å²) in [6.07, 6.45) is 4.41. The van der Waals surface area contributed by atoms with Gasteiger partial charge in [-0.2, -0.15) is 5.10 Å². The van der Waals surface area contributed by atoms with Gasteiger partial charge in [0, 0.05) is 21.7 Å². The predicted molar refractivity (Wildman–Crippen MR) is 130 cm³/mol. The van der Waals surface area contributed by atoms with Gasteiger partial charge >= 0.3 is 5.97 Å². The van der Waals surface area contributed by atoms with Crippen LogP contribution in [-0.4, -0.2) is 32.3 Å². The van der Waals surface area contributed by atoms with Gasteiger partial charge in [0.05, 0.1) is 20.4 Å². The molecule has 0 saturated heterocycles. The number of carbonyl (C=O) groups excluding carboxylic acids is 2. The van der Waals surface area contributed by atoms with E-state index in [-0.39, 0.29) is 0 Å². The van der Waals surface area contributed by atoms with E-state index < -0.39 is 11.9 Å². The molecule has 0 aliphatic heterocycles. The SMILES string of the molecule is COc1ccc(C(=O)N/N=C/c2cc(Br)ccc2OC(=O)/C=C/c2ccccc2)cc1OC. The number of nitrogens with zero attached hydrogens (tertiary/aromatic N) is 1. The molecular weight excluding hydrogens is 488 g/mol. The maximum atomic E-state index is 12.4. The smallest absolute Gasteiger partial charge is 0.336 e. The van der Waals surface area contributed by atoms with Gasteiger partial charge in [-0.1, -0.05) is 46.3 Å². The average Bonchev–Trinajstić information content (AvgIpc) is 2.84. The quantitative estimate of drug-likeness (QED) is 0.154. The Balaban J connectivity index is 1.69. The van der Waals surface area contributed by atoms with E-state index in [9.17, 15) is 9.59 Å². The van der Waals surface area contributed by atoms with Crippen molar-refractivity contribution in [3.63, 3.8) is 0 Å². The minimum absolute atomic E-state index is 0.296. The summed E-state index contributed by atoms with van der Waals surface area (Å²) in [5.74, 6) is 0.264. The van der Waals surface area contributed by atoms with Gasteiger partial charge in [-0.15, -0.1) is 0 Å². The molecule has 0 fully saturated rings. The van der Waals surface area contributed by atoms with Crippen molar-refractivity contribution in [2.45, 2.75) is 0 Å². The minimum atomic E-state index is -0.537. The molecule has 8 heteroatoms. The molecule has 0 unspecified atom stereocenters. The van der Waals surface area contributed by atoms with Crippen molar-refractivity contribution in [2.75, 3.05) is 14.2 Å². The van der Waals surface area contributed by atoms with Gasteiger partial charge < -0.3 is 14.2 Å². The number of hydrogen-bond donors (Lipinski definition) is 1. The van der Waals surface area contributed by atoms with Crippen LogP contribution in [0.1, 0.15) is 21.5 Å². The van der Waals surface area contributed by atoms with E-state index in [0.717, 1.165) is 10.0 Å². The second-order valence-electron chi connectivity index (χ2n) is 6.62. The number of halogens is 1.